The van der Waals surface area contributed by atoms with E-state index < -0.39 is 0 Å². The van der Waals surface area contributed by atoms with E-state index in [1.165, 1.54) is 0 Å². The Labute approximate surface area is 152 Å². The maximum absolute atomic E-state index is 12.5. The van der Waals surface area contributed by atoms with Gasteiger partial charge in [-0.15, -0.1) is 10.2 Å². The summed E-state index contributed by atoms with van der Waals surface area (Å²) in [5.74, 6) is 1.78. The van der Waals surface area contributed by atoms with Gasteiger partial charge in [0, 0.05) is 32.2 Å². The Kier molecular flexibility index (Phi) is 5.52. The highest BCUT2D eigenvalue weighted by Crippen LogP contribution is 2.30. The van der Waals surface area contributed by atoms with Crippen LogP contribution in [0.3, 0.4) is 0 Å². The largest absolute Gasteiger partial charge is 0.497 e. The van der Waals surface area contributed by atoms with Crippen molar-refractivity contribution in [3.63, 3.8) is 0 Å². The van der Waals surface area contributed by atoms with Crippen LogP contribution in [0.5, 0.6) is 11.5 Å². The van der Waals surface area contributed by atoms with Crippen molar-refractivity contribution in [3.05, 3.63) is 36.0 Å². The number of nitrogens with one attached hydrogen (secondary N) is 1. The summed E-state index contributed by atoms with van der Waals surface area (Å²) >= 11 is 0. The number of piperazine rings is 1. The van der Waals surface area contributed by atoms with Gasteiger partial charge in [-0.1, -0.05) is 0 Å². The third-order valence-corrected chi connectivity index (χ3v) is 4.35. The standard InChI is InChI=1S/C18H23N5O3/c1-22-8-10-23(11-9-22)18(24)15-6-7-17(21-20-15)19-14-5-4-13(25-2)12-16(14)26-3/h4-7,12H,8-11H2,1-3H3,(H,19,21). The van der Waals surface area contributed by atoms with Crippen LogP contribution in [0.2, 0.25) is 0 Å². The molecule has 138 valence electrons. The predicted molar refractivity (Wildman–Crippen MR) is 98.3 cm³/mol. The van der Waals surface area contributed by atoms with Gasteiger partial charge in [0.25, 0.3) is 5.91 Å². The Balaban J connectivity index is 1.69. The van der Waals surface area contributed by atoms with Crippen molar-refractivity contribution in [1.82, 2.24) is 20.0 Å². The van der Waals surface area contributed by atoms with Gasteiger partial charge in [-0.05, 0) is 31.3 Å². The van der Waals surface area contributed by atoms with Gasteiger partial charge in [0.15, 0.2) is 11.5 Å². The molecule has 0 spiro atoms. The molecule has 3 rings (SSSR count). The third-order valence-electron chi connectivity index (χ3n) is 4.35. The van der Waals surface area contributed by atoms with Crippen LogP contribution in [-0.2, 0) is 0 Å². The molecule has 2 aromatic rings. The summed E-state index contributed by atoms with van der Waals surface area (Å²) in [6, 6.07) is 8.86. The van der Waals surface area contributed by atoms with E-state index in [1.54, 1.807) is 32.4 Å². The van der Waals surface area contributed by atoms with E-state index in [1.807, 2.05) is 17.0 Å². The van der Waals surface area contributed by atoms with Crippen molar-refractivity contribution in [2.75, 3.05) is 52.8 Å². The molecule has 1 aliphatic heterocycles. The fourth-order valence-corrected chi connectivity index (χ4v) is 2.72. The predicted octanol–water partition coefficient (Wildman–Crippen LogP) is 1.62. The highest BCUT2D eigenvalue weighted by Gasteiger charge is 2.21. The van der Waals surface area contributed by atoms with Gasteiger partial charge in [-0.3, -0.25) is 4.79 Å². The lowest BCUT2D eigenvalue weighted by Gasteiger charge is -2.32. The third kappa shape index (κ3) is 4.02. The Hall–Kier alpha value is -2.87. The summed E-state index contributed by atoms with van der Waals surface area (Å²) in [5, 5.41) is 11.3. The summed E-state index contributed by atoms with van der Waals surface area (Å²) in [6.07, 6.45) is 0. The summed E-state index contributed by atoms with van der Waals surface area (Å²) in [6.45, 7) is 3.16. The van der Waals surface area contributed by atoms with Gasteiger partial charge in [0.2, 0.25) is 0 Å². The first-order valence-corrected chi connectivity index (χ1v) is 8.41. The number of methoxy groups -OCH3 is 2. The van der Waals surface area contributed by atoms with Gasteiger partial charge >= 0.3 is 0 Å². The topological polar surface area (TPSA) is 79.8 Å². The molecule has 1 N–H and O–H groups in total. The minimum absolute atomic E-state index is 0.0841. The van der Waals surface area contributed by atoms with Gasteiger partial charge in [-0.2, -0.15) is 0 Å². The molecule has 1 aromatic heterocycles. The molecular formula is C18H23N5O3. The molecule has 0 radical (unpaired) electrons. The quantitative estimate of drug-likeness (QED) is 0.871. The second-order valence-electron chi connectivity index (χ2n) is 6.09. The van der Waals surface area contributed by atoms with Crippen LogP contribution in [-0.4, -0.2) is 73.4 Å². The van der Waals surface area contributed by atoms with Crippen LogP contribution < -0.4 is 14.8 Å². The normalized spacial score (nSPS) is 14.8. The number of hydrogen-bond donors (Lipinski definition) is 1. The van der Waals surface area contributed by atoms with Gasteiger partial charge in [0.1, 0.15) is 11.5 Å². The van der Waals surface area contributed by atoms with Crippen LogP contribution in [0.1, 0.15) is 10.5 Å². The number of benzene rings is 1. The van der Waals surface area contributed by atoms with Crippen molar-refractivity contribution >= 4 is 17.4 Å². The molecule has 0 saturated carbocycles. The van der Waals surface area contributed by atoms with Crippen LogP contribution in [0.25, 0.3) is 0 Å². The maximum Gasteiger partial charge on any atom is 0.274 e. The minimum Gasteiger partial charge on any atom is -0.497 e. The fourth-order valence-electron chi connectivity index (χ4n) is 2.72. The van der Waals surface area contributed by atoms with Crippen LogP contribution >= 0.6 is 0 Å². The SMILES string of the molecule is COc1ccc(Nc2ccc(C(=O)N3CCN(C)CC3)nn2)c(OC)c1. The molecule has 1 amide bonds. The second-order valence-corrected chi connectivity index (χ2v) is 6.09. The average Bonchev–Trinajstić information content (AvgIpc) is 2.69. The molecule has 26 heavy (non-hydrogen) atoms. The Morgan fingerprint density at radius 3 is 2.42 bits per heavy atom. The first-order valence-electron chi connectivity index (χ1n) is 8.41. The van der Waals surface area contributed by atoms with E-state index in [0.29, 0.717) is 36.1 Å². The van der Waals surface area contributed by atoms with Crippen molar-refractivity contribution in [3.8, 4) is 11.5 Å². The molecule has 1 fully saturated rings. The highest BCUT2D eigenvalue weighted by molar-refractivity contribution is 5.92. The van der Waals surface area contributed by atoms with Gasteiger partial charge < -0.3 is 24.6 Å². The van der Waals surface area contributed by atoms with E-state index in [-0.39, 0.29) is 5.91 Å². The zero-order valence-corrected chi connectivity index (χ0v) is 15.2. The lowest BCUT2D eigenvalue weighted by atomic mass is 10.2. The zero-order chi connectivity index (χ0) is 18.5. The molecular weight excluding hydrogens is 334 g/mol. The minimum atomic E-state index is -0.0841. The van der Waals surface area contributed by atoms with Crippen molar-refractivity contribution in [1.29, 1.82) is 0 Å². The Bertz CT molecular complexity index is 758. The van der Waals surface area contributed by atoms with E-state index >= 15 is 0 Å². The number of carbonyl (C=O) groups excluding carboxylic acids is 1. The van der Waals surface area contributed by atoms with Crippen LogP contribution in [0.15, 0.2) is 30.3 Å². The summed E-state index contributed by atoms with van der Waals surface area (Å²) in [4.78, 5) is 16.5. The molecule has 0 atom stereocenters. The van der Waals surface area contributed by atoms with Crippen molar-refractivity contribution in [2.45, 2.75) is 0 Å². The molecule has 1 aromatic carbocycles. The number of anilines is 2. The monoisotopic (exact) mass is 357 g/mol. The Morgan fingerprint density at radius 2 is 1.81 bits per heavy atom. The van der Waals surface area contributed by atoms with Crippen molar-refractivity contribution < 1.29 is 14.3 Å². The zero-order valence-electron chi connectivity index (χ0n) is 15.2. The molecule has 1 saturated heterocycles. The molecule has 1 aliphatic rings. The smallest absolute Gasteiger partial charge is 0.274 e. The Morgan fingerprint density at radius 1 is 1.04 bits per heavy atom. The lowest BCUT2D eigenvalue weighted by molar-refractivity contribution is 0.0657. The van der Waals surface area contributed by atoms with Gasteiger partial charge in [-0.25, -0.2) is 0 Å². The maximum atomic E-state index is 12.5. The van der Waals surface area contributed by atoms with Crippen LogP contribution in [0, 0.1) is 0 Å². The fraction of sp³-hybridized carbons (Fsp3) is 0.389. The first kappa shape index (κ1) is 17.9. The molecule has 0 unspecified atom stereocenters. The van der Waals surface area contributed by atoms with E-state index in [2.05, 4.69) is 27.5 Å². The molecule has 8 nitrogen and oxygen atoms in total. The molecule has 8 heteroatoms. The van der Waals surface area contributed by atoms with Gasteiger partial charge in [0.05, 0.1) is 19.9 Å². The second kappa shape index (κ2) is 8.01. The number of nitrogens with zero attached hydrogens (tertiary/aromatic N) is 4. The van der Waals surface area contributed by atoms with E-state index in [0.717, 1.165) is 18.8 Å². The lowest BCUT2D eigenvalue weighted by Crippen LogP contribution is -2.47. The summed E-state index contributed by atoms with van der Waals surface area (Å²) in [7, 11) is 5.24. The number of rotatable bonds is 5. The summed E-state index contributed by atoms with van der Waals surface area (Å²) < 4.78 is 10.5. The first-order chi connectivity index (χ1) is 12.6. The van der Waals surface area contributed by atoms with E-state index in [9.17, 15) is 4.79 Å². The highest BCUT2D eigenvalue weighted by atomic mass is 16.5. The number of carbonyl (C=O) groups is 1. The molecule has 2 heterocycles. The van der Waals surface area contributed by atoms with E-state index in [4.69, 9.17) is 9.47 Å². The average molecular weight is 357 g/mol. The number of ether oxygens (including phenoxy) is 2. The molecule has 0 aliphatic carbocycles. The number of hydrogen-bond acceptors (Lipinski definition) is 7. The number of aromatic nitrogens is 2. The van der Waals surface area contributed by atoms with Crippen LogP contribution in [0.4, 0.5) is 11.5 Å². The summed E-state index contributed by atoms with van der Waals surface area (Å²) in [5.41, 5.74) is 1.09. The van der Waals surface area contributed by atoms with Crippen molar-refractivity contribution in [2.24, 2.45) is 0 Å². The number of likely N-dealkylation sites (N-methyl/N-ethyl adjacent to an activating group) is 1. The number of amides is 1. The molecule has 0 bridgehead atoms.